The fourth-order valence-corrected chi connectivity index (χ4v) is 3.44. The molecular weight excluding hydrogens is 284 g/mol. The molecule has 1 aromatic carbocycles. The van der Waals surface area contributed by atoms with Crippen LogP contribution in [0.2, 0.25) is 0 Å². The highest BCUT2D eigenvalue weighted by atomic mass is 32.2. The Bertz CT molecular complexity index is 510. The van der Waals surface area contributed by atoms with Gasteiger partial charge in [0.15, 0.2) is 11.6 Å². The maximum absolute atomic E-state index is 14.0. The molecule has 110 valence electrons. The molecule has 2 unspecified atom stereocenters. The van der Waals surface area contributed by atoms with Crippen LogP contribution in [0, 0.1) is 11.6 Å². The molecule has 1 aliphatic carbocycles. The highest BCUT2D eigenvalue weighted by molar-refractivity contribution is 7.99. The molecule has 20 heavy (non-hydrogen) atoms. The Morgan fingerprint density at radius 2 is 2.10 bits per heavy atom. The van der Waals surface area contributed by atoms with Crippen molar-refractivity contribution in [2.45, 2.75) is 30.6 Å². The Morgan fingerprint density at radius 1 is 1.35 bits per heavy atom. The summed E-state index contributed by atoms with van der Waals surface area (Å²) in [6, 6.07) is 2.76. The summed E-state index contributed by atoms with van der Waals surface area (Å²) in [7, 11) is 1.13. The Hall–Kier alpha value is -1.30. The van der Waals surface area contributed by atoms with Crippen molar-refractivity contribution in [3.05, 3.63) is 29.3 Å². The summed E-state index contributed by atoms with van der Waals surface area (Å²) in [6.07, 6.45) is 5.10. The Balaban J connectivity index is 2.21. The van der Waals surface area contributed by atoms with Gasteiger partial charge in [-0.15, -0.1) is 0 Å². The predicted octanol–water partition coefficient (Wildman–Crippen LogP) is 3.45. The molecular formula is C14H17F2NO2S. The number of carbonyl (C=O) groups is 1. The lowest BCUT2D eigenvalue weighted by Gasteiger charge is -2.21. The third-order valence-electron chi connectivity index (χ3n) is 3.58. The number of thioether (sulfide) groups is 1. The smallest absolute Gasteiger partial charge is 0.340 e. The van der Waals surface area contributed by atoms with Gasteiger partial charge in [-0.05, 0) is 31.2 Å². The zero-order chi connectivity index (χ0) is 14.7. The van der Waals surface area contributed by atoms with Crippen molar-refractivity contribution in [2.24, 2.45) is 0 Å². The van der Waals surface area contributed by atoms with Crippen molar-refractivity contribution in [1.29, 1.82) is 0 Å². The number of halogens is 2. The van der Waals surface area contributed by atoms with E-state index >= 15 is 0 Å². The second-order valence-corrected chi connectivity index (χ2v) is 5.81. The van der Waals surface area contributed by atoms with Gasteiger partial charge in [0, 0.05) is 11.3 Å². The number of methoxy groups -OCH3 is 1. The predicted molar refractivity (Wildman–Crippen MR) is 76.3 cm³/mol. The van der Waals surface area contributed by atoms with E-state index in [9.17, 15) is 13.6 Å². The molecule has 0 saturated heterocycles. The monoisotopic (exact) mass is 301 g/mol. The molecule has 0 amide bonds. The Labute approximate surface area is 121 Å². The molecule has 2 rings (SSSR count). The minimum atomic E-state index is -1.17. The molecule has 0 spiro atoms. The lowest BCUT2D eigenvalue weighted by atomic mass is 10.1. The number of esters is 1. The highest BCUT2D eigenvalue weighted by Crippen LogP contribution is 2.32. The molecule has 3 nitrogen and oxygen atoms in total. The van der Waals surface area contributed by atoms with E-state index in [0.717, 1.165) is 26.4 Å². The van der Waals surface area contributed by atoms with E-state index in [0.29, 0.717) is 5.25 Å². The largest absolute Gasteiger partial charge is 0.465 e. The lowest BCUT2D eigenvalue weighted by Crippen LogP contribution is -2.26. The van der Waals surface area contributed by atoms with E-state index in [1.807, 2.05) is 6.26 Å². The normalized spacial score (nSPS) is 21.8. The van der Waals surface area contributed by atoms with Gasteiger partial charge in [-0.3, -0.25) is 0 Å². The number of rotatable bonds is 4. The molecule has 1 N–H and O–H groups in total. The second kappa shape index (κ2) is 6.43. The number of carbonyl (C=O) groups excluding carboxylic acids is 1. The molecule has 0 heterocycles. The van der Waals surface area contributed by atoms with E-state index in [1.54, 1.807) is 11.8 Å². The van der Waals surface area contributed by atoms with Crippen LogP contribution in [0.25, 0.3) is 0 Å². The van der Waals surface area contributed by atoms with E-state index < -0.39 is 17.6 Å². The van der Waals surface area contributed by atoms with Gasteiger partial charge in [-0.25, -0.2) is 13.6 Å². The molecule has 2 atom stereocenters. The maximum atomic E-state index is 14.0. The summed E-state index contributed by atoms with van der Waals surface area (Å²) >= 11 is 1.73. The summed E-state index contributed by atoms with van der Waals surface area (Å²) in [5, 5.41) is 3.45. The first-order valence-corrected chi connectivity index (χ1v) is 7.73. The summed E-state index contributed by atoms with van der Waals surface area (Å²) in [5.41, 5.74) is -0.288. The van der Waals surface area contributed by atoms with Crippen molar-refractivity contribution in [2.75, 3.05) is 18.7 Å². The van der Waals surface area contributed by atoms with Gasteiger partial charge in [-0.2, -0.15) is 11.8 Å². The van der Waals surface area contributed by atoms with E-state index in [4.69, 9.17) is 0 Å². The zero-order valence-electron chi connectivity index (χ0n) is 11.4. The van der Waals surface area contributed by atoms with Crippen molar-refractivity contribution >= 4 is 23.4 Å². The van der Waals surface area contributed by atoms with Crippen LogP contribution in [-0.4, -0.2) is 30.6 Å². The van der Waals surface area contributed by atoms with Crippen molar-refractivity contribution < 1.29 is 18.3 Å². The average Bonchev–Trinajstić information content (AvgIpc) is 2.90. The average molecular weight is 301 g/mol. The number of ether oxygens (including phenoxy) is 1. The Morgan fingerprint density at radius 3 is 2.75 bits per heavy atom. The molecule has 1 aromatic rings. The van der Waals surface area contributed by atoms with Gasteiger partial charge < -0.3 is 10.1 Å². The molecule has 0 bridgehead atoms. The maximum Gasteiger partial charge on any atom is 0.340 e. The minimum absolute atomic E-state index is 0.0982. The van der Waals surface area contributed by atoms with Crippen LogP contribution in [-0.2, 0) is 4.74 Å². The summed E-state index contributed by atoms with van der Waals surface area (Å²) < 4.78 is 32.2. The summed E-state index contributed by atoms with van der Waals surface area (Å²) in [5.74, 6) is -3.07. The third-order valence-corrected chi connectivity index (χ3v) is 4.75. The van der Waals surface area contributed by atoms with E-state index in [2.05, 4.69) is 10.1 Å². The number of anilines is 1. The van der Waals surface area contributed by atoms with Crippen molar-refractivity contribution in [3.63, 3.8) is 0 Å². The van der Waals surface area contributed by atoms with Crippen LogP contribution in [0.5, 0.6) is 0 Å². The van der Waals surface area contributed by atoms with E-state index in [1.165, 1.54) is 12.1 Å². The summed E-state index contributed by atoms with van der Waals surface area (Å²) in [6.45, 7) is 0. The van der Waals surface area contributed by atoms with Crippen LogP contribution in [0.1, 0.15) is 29.6 Å². The zero-order valence-corrected chi connectivity index (χ0v) is 12.2. The molecule has 0 radical (unpaired) electrons. The first-order valence-electron chi connectivity index (χ1n) is 6.44. The van der Waals surface area contributed by atoms with Crippen molar-refractivity contribution in [3.8, 4) is 0 Å². The highest BCUT2D eigenvalue weighted by Gasteiger charge is 2.28. The molecule has 6 heteroatoms. The number of hydrogen-bond donors (Lipinski definition) is 1. The first-order chi connectivity index (χ1) is 9.58. The first kappa shape index (κ1) is 15.1. The number of hydrogen-bond acceptors (Lipinski definition) is 4. The SMILES string of the molecule is COC(=O)c1ccc(NC2CCCC2SC)c(F)c1F. The number of benzene rings is 1. The van der Waals surface area contributed by atoms with Gasteiger partial charge in [0.2, 0.25) is 0 Å². The fraction of sp³-hybridized carbons (Fsp3) is 0.500. The topological polar surface area (TPSA) is 38.3 Å². The van der Waals surface area contributed by atoms with Gasteiger partial charge in [0.05, 0.1) is 18.4 Å². The molecule has 1 aliphatic rings. The van der Waals surface area contributed by atoms with Gasteiger partial charge in [0.25, 0.3) is 0 Å². The van der Waals surface area contributed by atoms with E-state index in [-0.39, 0.29) is 17.3 Å². The van der Waals surface area contributed by atoms with Gasteiger partial charge >= 0.3 is 5.97 Å². The molecule has 0 aromatic heterocycles. The van der Waals surface area contributed by atoms with Gasteiger partial charge in [-0.1, -0.05) is 6.42 Å². The quantitative estimate of drug-likeness (QED) is 0.865. The lowest BCUT2D eigenvalue weighted by molar-refractivity contribution is 0.0594. The van der Waals surface area contributed by atoms with Gasteiger partial charge in [0.1, 0.15) is 0 Å². The van der Waals surface area contributed by atoms with Crippen LogP contribution in [0.4, 0.5) is 14.5 Å². The molecule has 1 fully saturated rings. The number of nitrogens with one attached hydrogen (secondary N) is 1. The van der Waals surface area contributed by atoms with Crippen LogP contribution < -0.4 is 5.32 Å². The third kappa shape index (κ3) is 2.90. The van der Waals surface area contributed by atoms with Crippen molar-refractivity contribution in [1.82, 2.24) is 0 Å². The minimum Gasteiger partial charge on any atom is -0.465 e. The van der Waals surface area contributed by atoms with Crippen LogP contribution >= 0.6 is 11.8 Å². The second-order valence-electron chi connectivity index (χ2n) is 4.74. The Kier molecular flexibility index (Phi) is 4.86. The molecule has 1 saturated carbocycles. The fourth-order valence-electron chi connectivity index (χ4n) is 2.50. The standard InChI is InChI=1S/C14H17F2NO2S/c1-19-14(18)8-6-7-10(13(16)12(8)15)17-9-4-3-5-11(9)20-2/h6-7,9,11,17H,3-5H2,1-2H3. The van der Waals surface area contributed by atoms with Crippen LogP contribution in [0.3, 0.4) is 0 Å². The molecule has 0 aliphatic heterocycles. The summed E-state index contributed by atoms with van der Waals surface area (Å²) in [4.78, 5) is 11.3. The van der Waals surface area contributed by atoms with Crippen LogP contribution in [0.15, 0.2) is 12.1 Å².